The van der Waals surface area contributed by atoms with Crippen LogP contribution < -0.4 is 5.32 Å². The summed E-state index contributed by atoms with van der Waals surface area (Å²) in [7, 11) is 1.95. The molecule has 1 saturated heterocycles. The number of hydrogen-bond donors (Lipinski definition) is 1. The topological polar surface area (TPSA) is 21.3 Å². The molecule has 1 fully saturated rings. The van der Waals surface area contributed by atoms with Gasteiger partial charge in [0.1, 0.15) is 5.82 Å². The molecule has 0 aliphatic carbocycles. The maximum Gasteiger partial charge on any atom is 0.123 e. The van der Waals surface area contributed by atoms with Crippen molar-refractivity contribution >= 4 is 11.6 Å². The van der Waals surface area contributed by atoms with E-state index in [-0.39, 0.29) is 11.9 Å². The van der Waals surface area contributed by atoms with Crippen LogP contribution in [0.5, 0.6) is 0 Å². The van der Waals surface area contributed by atoms with Crippen LogP contribution in [0.25, 0.3) is 0 Å². The van der Waals surface area contributed by atoms with Gasteiger partial charge < -0.3 is 10.1 Å². The van der Waals surface area contributed by atoms with E-state index in [9.17, 15) is 4.39 Å². The van der Waals surface area contributed by atoms with Crippen LogP contribution in [0.2, 0.25) is 5.02 Å². The number of nitrogens with one attached hydrogen (secondary N) is 1. The number of halogens is 2. The molecule has 4 heteroatoms. The molecule has 1 aromatic rings. The summed E-state index contributed by atoms with van der Waals surface area (Å²) in [6.45, 7) is 2.96. The molecule has 0 aromatic heterocycles. The molecule has 3 unspecified atom stereocenters. The largest absolute Gasteiger partial charge is 0.378 e. The van der Waals surface area contributed by atoms with Gasteiger partial charge in [0, 0.05) is 23.6 Å². The van der Waals surface area contributed by atoms with Crippen LogP contribution in [-0.4, -0.2) is 25.8 Å². The van der Waals surface area contributed by atoms with Crippen LogP contribution in [-0.2, 0) is 11.2 Å². The van der Waals surface area contributed by atoms with Crippen LogP contribution in [0, 0.1) is 11.7 Å². The lowest BCUT2D eigenvalue weighted by atomic mass is 9.87. The Kier molecular flexibility index (Phi) is 5.20. The summed E-state index contributed by atoms with van der Waals surface area (Å²) in [6.07, 6.45) is 3.10. The van der Waals surface area contributed by atoms with Crippen molar-refractivity contribution in [2.45, 2.75) is 38.3 Å². The first-order chi connectivity index (χ1) is 9.15. The summed E-state index contributed by atoms with van der Waals surface area (Å²) < 4.78 is 19.1. The summed E-state index contributed by atoms with van der Waals surface area (Å²) in [4.78, 5) is 0. The van der Waals surface area contributed by atoms with Crippen molar-refractivity contribution < 1.29 is 9.13 Å². The monoisotopic (exact) mass is 285 g/mol. The van der Waals surface area contributed by atoms with Gasteiger partial charge in [-0.05, 0) is 50.1 Å². The molecule has 1 aliphatic rings. The van der Waals surface area contributed by atoms with Gasteiger partial charge in [-0.3, -0.25) is 0 Å². The van der Waals surface area contributed by atoms with E-state index >= 15 is 0 Å². The Bertz CT molecular complexity index is 427. The van der Waals surface area contributed by atoms with Gasteiger partial charge in [0.2, 0.25) is 0 Å². The van der Waals surface area contributed by atoms with E-state index in [0.29, 0.717) is 17.0 Å². The standard InChI is InChI=1S/C15H21ClFNO/c1-3-15-12(6-7-19-15)14(18-2)9-10-8-11(17)4-5-13(10)16/h4-5,8,12,14-15,18H,3,6-7,9H2,1-2H3. The summed E-state index contributed by atoms with van der Waals surface area (Å²) in [6, 6.07) is 4.82. The highest BCUT2D eigenvalue weighted by Gasteiger charge is 2.33. The van der Waals surface area contributed by atoms with Crippen LogP contribution in [0.1, 0.15) is 25.3 Å². The molecule has 1 aliphatic heterocycles. The summed E-state index contributed by atoms with van der Waals surface area (Å²) in [5, 5.41) is 3.98. The molecule has 0 radical (unpaired) electrons. The zero-order chi connectivity index (χ0) is 13.8. The summed E-state index contributed by atoms with van der Waals surface area (Å²) in [5.41, 5.74) is 0.864. The quantitative estimate of drug-likeness (QED) is 0.895. The maximum absolute atomic E-state index is 13.3. The van der Waals surface area contributed by atoms with E-state index in [1.807, 2.05) is 7.05 Å². The van der Waals surface area contributed by atoms with Crippen molar-refractivity contribution in [3.63, 3.8) is 0 Å². The Balaban J connectivity index is 2.12. The van der Waals surface area contributed by atoms with Gasteiger partial charge >= 0.3 is 0 Å². The molecule has 3 atom stereocenters. The van der Waals surface area contributed by atoms with Gasteiger partial charge in [0.25, 0.3) is 0 Å². The third-order valence-corrected chi connectivity index (χ3v) is 4.37. The Hall–Kier alpha value is -0.640. The second-order valence-electron chi connectivity index (χ2n) is 5.11. The van der Waals surface area contributed by atoms with Crippen molar-refractivity contribution in [3.05, 3.63) is 34.6 Å². The van der Waals surface area contributed by atoms with Gasteiger partial charge in [-0.25, -0.2) is 4.39 Å². The van der Waals surface area contributed by atoms with E-state index in [2.05, 4.69) is 12.2 Å². The predicted octanol–water partition coefficient (Wildman–Crippen LogP) is 3.42. The maximum atomic E-state index is 13.3. The van der Waals surface area contributed by atoms with Crippen LogP contribution in [0.3, 0.4) is 0 Å². The minimum Gasteiger partial charge on any atom is -0.378 e. The molecule has 0 saturated carbocycles. The molecule has 1 heterocycles. The number of hydrogen-bond acceptors (Lipinski definition) is 2. The van der Waals surface area contributed by atoms with Gasteiger partial charge in [-0.15, -0.1) is 0 Å². The first-order valence-corrected chi connectivity index (χ1v) is 7.26. The van der Waals surface area contributed by atoms with Crippen molar-refractivity contribution in [2.24, 2.45) is 5.92 Å². The summed E-state index contributed by atoms with van der Waals surface area (Å²) >= 11 is 6.15. The third kappa shape index (κ3) is 3.47. The van der Waals surface area contributed by atoms with E-state index < -0.39 is 0 Å². The molecular weight excluding hydrogens is 265 g/mol. The smallest absolute Gasteiger partial charge is 0.123 e. The normalized spacial score (nSPS) is 24.6. The fourth-order valence-corrected chi connectivity index (χ4v) is 3.14. The van der Waals surface area contributed by atoms with Crippen LogP contribution in [0.15, 0.2) is 18.2 Å². The molecule has 2 nitrogen and oxygen atoms in total. The minimum absolute atomic E-state index is 0.232. The Morgan fingerprint density at radius 2 is 2.32 bits per heavy atom. The average Bonchev–Trinajstić information content (AvgIpc) is 2.88. The van der Waals surface area contributed by atoms with Crippen LogP contribution >= 0.6 is 11.6 Å². The summed E-state index contributed by atoms with van der Waals surface area (Å²) in [5.74, 6) is 0.235. The van der Waals surface area contributed by atoms with Crippen molar-refractivity contribution in [3.8, 4) is 0 Å². The van der Waals surface area contributed by atoms with Gasteiger partial charge in [0.15, 0.2) is 0 Å². The molecule has 1 aromatic carbocycles. The Morgan fingerprint density at radius 1 is 1.53 bits per heavy atom. The molecule has 106 valence electrons. The van der Waals surface area contributed by atoms with Gasteiger partial charge in [-0.2, -0.15) is 0 Å². The third-order valence-electron chi connectivity index (χ3n) is 4.00. The second-order valence-corrected chi connectivity index (χ2v) is 5.51. The fourth-order valence-electron chi connectivity index (χ4n) is 2.95. The van der Waals surface area contributed by atoms with Crippen molar-refractivity contribution in [1.82, 2.24) is 5.32 Å². The first-order valence-electron chi connectivity index (χ1n) is 6.88. The first kappa shape index (κ1) is 14.8. The number of likely N-dealkylation sites (N-methyl/N-ethyl adjacent to an activating group) is 1. The number of ether oxygens (including phenoxy) is 1. The predicted molar refractivity (Wildman–Crippen MR) is 76.1 cm³/mol. The lowest BCUT2D eigenvalue weighted by Gasteiger charge is -2.27. The highest BCUT2D eigenvalue weighted by Crippen LogP contribution is 2.29. The Labute approximate surface area is 119 Å². The highest BCUT2D eigenvalue weighted by atomic mass is 35.5. The molecule has 0 amide bonds. The SMILES string of the molecule is CCC1OCCC1C(Cc1cc(F)ccc1Cl)NC. The van der Waals surface area contributed by atoms with Crippen LogP contribution in [0.4, 0.5) is 4.39 Å². The van der Waals surface area contributed by atoms with E-state index in [4.69, 9.17) is 16.3 Å². The lowest BCUT2D eigenvalue weighted by molar-refractivity contribution is 0.0783. The Morgan fingerprint density at radius 3 is 3.00 bits per heavy atom. The van der Waals surface area contributed by atoms with E-state index in [1.165, 1.54) is 12.1 Å². The van der Waals surface area contributed by atoms with E-state index in [0.717, 1.165) is 31.4 Å². The zero-order valence-electron chi connectivity index (χ0n) is 11.5. The molecule has 0 bridgehead atoms. The highest BCUT2D eigenvalue weighted by molar-refractivity contribution is 6.31. The molecular formula is C15H21ClFNO. The van der Waals surface area contributed by atoms with E-state index in [1.54, 1.807) is 6.07 Å². The molecule has 19 heavy (non-hydrogen) atoms. The van der Waals surface area contributed by atoms with Crippen molar-refractivity contribution in [1.29, 1.82) is 0 Å². The molecule has 0 spiro atoms. The molecule has 2 rings (SSSR count). The second kappa shape index (κ2) is 6.69. The van der Waals surface area contributed by atoms with Crippen molar-refractivity contribution in [2.75, 3.05) is 13.7 Å². The number of benzene rings is 1. The van der Waals surface area contributed by atoms with Gasteiger partial charge in [-0.1, -0.05) is 18.5 Å². The lowest BCUT2D eigenvalue weighted by Crippen LogP contribution is -2.39. The van der Waals surface area contributed by atoms with Gasteiger partial charge in [0.05, 0.1) is 6.10 Å². The number of rotatable bonds is 5. The fraction of sp³-hybridized carbons (Fsp3) is 0.600. The molecule has 1 N–H and O–H groups in total. The average molecular weight is 286 g/mol. The zero-order valence-corrected chi connectivity index (χ0v) is 12.2. The minimum atomic E-state index is -0.232.